The van der Waals surface area contributed by atoms with Crippen LogP contribution >= 0.6 is 0 Å². The van der Waals surface area contributed by atoms with E-state index in [9.17, 15) is 4.79 Å². The molecule has 0 aliphatic rings. The van der Waals surface area contributed by atoms with E-state index in [0.29, 0.717) is 6.42 Å². The first-order chi connectivity index (χ1) is 9.93. The van der Waals surface area contributed by atoms with Gasteiger partial charge in [0.15, 0.2) is 8.24 Å². The zero-order valence-corrected chi connectivity index (χ0v) is 20.2. The van der Waals surface area contributed by atoms with Crippen molar-refractivity contribution >= 4 is 30.3 Å². The van der Waals surface area contributed by atoms with Crippen molar-refractivity contribution in [1.29, 1.82) is 0 Å². The molecule has 0 radical (unpaired) electrons. The van der Waals surface area contributed by atoms with Gasteiger partial charge in [-0.3, -0.25) is 4.79 Å². The molecule has 23 heavy (non-hydrogen) atoms. The Bertz CT molecular complexity index is 394. The van der Waals surface area contributed by atoms with Crippen molar-refractivity contribution in [3.8, 4) is 0 Å². The molecular formula is C16H41N3OSi3. The number of carbonyl (C=O) groups excluding carboxylic acids is 1. The summed E-state index contributed by atoms with van der Waals surface area (Å²) in [6.45, 7) is 20.7. The van der Waals surface area contributed by atoms with Gasteiger partial charge < -0.3 is 16.0 Å². The molecule has 1 amide bonds. The van der Waals surface area contributed by atoms with Crippen LogP contribution in [0.1, 0.15) is 19.3 Å². The summed E-state index contributed by atoms with van der Waals surface area (Å²) in [4.78, 5) is 12.3. The van der Waals surface area contributed by atoms with E-state index in [2.05, 4.69) is 58.9 Å². The van der Waals surface area contributed by atoms with Crippen LogP contribution in [0, 0.1) is 0 Å². The molecule has 0 aliphatic heterocycles. The maximum Gasteiger partial charge on any atom is 0.216 e. The van der Waals surface area contributed by atoms with Gasteiger partial charge in [-0.1, -0.05) is 58.9 Å². The minimum atomic E-state index is -1.59. The predicted molar refractivity (Wildman–Crippen MR) is 112 cm³/mol. The van der Waals surface area contributed by atoms with Gasteiger partial charge in [0.25, 0.3) is 0 Å². The summed E-state index contributed by atoms with van der Waals surface area (Å²) in [5, 5.41) is 0. The summed E-state index contributed by atoms with van der Waals surface area (Å²) >= 11 is 0. The van der Waals surface area contributed by atoms with Crippen LogP contribution in [-0.4, -0.2) is 52.7 Å². The Kier molecular flexibility index (Phi) is 7.53. The lowest BCUT2D eigenvalue weighted by Gasteiger charge is -2.49. The number of hydrogen-bond donors (Lipinski definition) is 2. The van der Waals surface area contributed by atoms with Crippen molar-refractivity contribution < 1.29 is 4.79 Å². The molecule has 0 aromatic carbocycles. The van der Waals surface area contributed by atoms with Crippen molar-refractivity contribution in [2.24, 2.45) is 11.5 Å². The van der Waals surface area contributed by atoms with Crippen LogP contribution in [0.15, 0.2) is 0 Å². The highest BCUT2D eigenvalue weighted by Gasteiger charge is 2.49. The van der Waals surface area contributed by atoms with Gasteiger partial charge in [-0.05, 0) is 12.8 Å². The van der Waals surface area contributed by atoms with Gasteiger partial charge in [0.1, 0.15) is 0 Å². The zero-order valence-electron chi connectivity index (χ0n) is 17.2. The van der Waals surface area contributed by atoms with E-state index in [1.807, 2.05) is 11.6 Å². The predicted octanol–water partition coefficient (Wildman–Crippen LogP) is 3.23. The van der Waals surface area contributed by atoms with E-state index in [0.717, 1.165) is 12.8 Å². The SMILES string of the molecule is CN(C(=O)CC(N)CCC(N)([Si](C)(C)C)[Si](C)(C)C)[Si](C)(C)C. The molecule has 0 rings (SSSR count). The van der Waals surface area contributed by atoms with Crippen LogP contribution in [0.3, 0.4) is 0 Å². The molecule has 4 N–H and O–H groups in total. The standard InChI is InChI=1S/C16H41N3OSi3/c1-19(23(8,9)10)15(20)13-14(17)11-12-16(18,21(2,3)4)22(5,6)7/h14H,11-13,17-18H2,1-10H3. The summed E-state index contributed by atoms with van der Waals surface area (Å²) in [6, 6.07) is -0.0862. The van der Waals surface area contributed by atoms with Gasteiger partial charge in [0, 0.05) is 24.3 Å². The van der Waals surface area contributed by atoms with Crippen molar-refractivity contribution in [1.82, 2.24) is 4.57 Å². The lowest BCUT2D eigenvalue weighted by atomic mass is 10.1. The minimum Gasteiger partial charge on any atom is -0.373 e. The molecule has 0 fully saturated rings. The van der Waals surface area contributed by atoms with E-state index in [1.165, 1.54) is 0 Å². The molecule has 0 aromatic heterocycles. The lowest BCUT2D eigenvalue weighted by molar-refractivity contribution is -0.126. The largest absolute Gasteiger partial charge is 0.373 e. The highest BCUT2D eigenvalue weighted by atomic mass is 28.4. The van der Waals surface area contributed by atoms with Crippen LogP contribution in [0.25, 0.3) is 0 Å². The maximum absolute atomic E-state index is 12.4. The highest BCUT2D eigenvalue weighted by molar-refractivity contribution is 6.98. The Morgan fingerprint density at radius 2 is 1.39 bits per heavy atom. The maximum atomic E-state index is 12.4. The van der Waals surface area contributed by atoms with Crippen LogP contribution < -0.4 is 11.5 Å². The Morgan fingerprint density at radius 3 is 1.70 bits per heavy atom. The normalized spacial score (nSPS) is 15.5. The third kappa shape index (κ3) is 6.12. The summed E-state index contributed by atoms with van der Waals surface area (Å²) < 4.78 is 1.93. The molecule has 1 atom stereocenters. The quantitative estimate of drug-likeness (QED) is 0.640. The fourth-order valence-corrected chi connectivity index (χ4v) is 14.8. The number of amides is 1. The molecule has 138 valence electrons. The first-order valence-electron chi connectivity index (χ1n) is 8.74. The van der Waals surface area contributed by atoms with Crippen molar-refractivity contribution in [2.75, 3.05) is 7.05 Å². The molecule has 4 nitrogen and oxygen atoms in total. The van der Waals surface area contributed by atoms with Gasteiger partial charge in [0.05, 0.1) is 16.1 Å². The fourth-order valence-electron chi connectivity index (χ4n) is 3.13. The van der Waals surface area contributed by atoms with Gasteiger partial charge in [-0.25, -0.2) is 0 Å². The Hall–Kier alpha value is 0.0406. The minimum absolute atomic E-state index is 0.0503. The molecule has 0 saturated carbocycles. The van der Waals surface area contributed by atoms with E-state index in [4.69, 9.17) is 11.5 Å². The second-order valence-corrected chi connectivity index (χ2v) is 26.4. The van der Waals surface area contributed by atoms with Crippen LogP contribution in [-0.2, 0) is 4.79 Å². The third-order valence-corrected chi connectivity index (χ3v) is 18.0. The first-order valence-corrected chi connectivity index (χ1v) is 19.2. The van der Waals surface area contributed by atoms with Crippen LogP contribution in [0.4, 0.5) is 0 Å². The fraction of sp³-hybridized carbons (Fsp3) is 0.938. The highest BCUT2D eigenvalue weighted by Crippen LogP contribution is 2.33. The van der Waals surface area contributed by atoms with Crippen LogP contribution in [0.5, 0.6) is 0 Å². The lowest BCUT2D eigenvalue weighted by Crippen LogP contribution is -2.72. The molecule has 0 aromatic rings. The van der Waals surface area contributed by atoms with Gasteiger partial charge in [-0.15, -0.1) is 0 Å². The van der Waals surface area contributed by atoms with E-state index in [1.54, 1.807) is 0 Å². The van der Waals surface area contributed by atoms with E-state index < -0.39 is 24.4 Å². The monoisotopic (exact) mass is 375 g/mol. The third-order valence-electron chi connectivity index (χ3n) is 5.40. The molecule has 0 bridgehead atoms. The molecular weight excluding hydrogens is 334 g/mol. The topological polar surface area (TPSA) is 72.3 Å². The smallest absolute Gasteiger partial charge is 0.216 e. The zero-order chi connectivity index (χ0) is 18.9. The van der Waals surface area contributed by atoms with E-state index in [-0.39, 0.29) is 16.7 Å². The van der Waals surface area contributed by atoms with Gasteiger partial charge >= 0.3 is 0 Å². The number of nitrogens with zero attached hydrogens (tertiary/aromatic N) is 1. The number of hydrogen-bond acceptors (Lipinski definition) is 3. The number of nitrogens with two attached hydrogens (primary N) is 2. The summed E-state index contributed by atoms with van der Waals surface area (Å²) in [5.74, 6) is 0.181. The van der Waals surface area contributed by atoms with Crippen molar-refractivity contribution in [3.63, 3.8) is 0 Å². The second kappa shape index (κ2) is 7.51. The first kappa shape index (κ1) is 23.0. The van der Waals surface area contributed by atoms with Crippen LogP contribution in [0.2, 0.25) is 58.9 Å². The Balaban J connectivity index is 4.87. The molecule has 0 spiro atoms. The molecule has 7 heteroatoms. The number of carbonyl (C=O) groups is 1. The van der Waals surface area contributed by atoms with Crippen molar-refractivity contribution in [2.45, 2.75) is 89.0 Å². The average Bonchev–Trinajstić information content (AvgIpc) is 2.30. The van der Waals surface area contributed by atoms with Gasteiger partial charge in [-0.2, -0.15) is 0 Å². The Morgan fingerprint density at radius 1 is 1.00 bits per heavy atom. The van der Waals surface area contributed by atoms with E-state index >= 15 is 0 Å². The van der Waals surface area contributed by atoms with Gasteiger partial charge in [0.2, 0.25) is 5.91 Å². The summed E-state index contributed by atoms with van der Waals surface area (Å²) in [5.41, 5.74) is 13.2. The van der Waals surface area contributed by atoms with Crippen molar-refractivity contribution in [3.05, 3.63) is 0 Å². The molecule has 0 aliphatic carbocycles. The average molecular weight is 376 g/mol. The number of rotatable bonds is 8. The summed E-state index contributed by atoms with van der Waals surface area (Å²) in [6.07, 6.45) is 2.23. The molecule has 0 heterocycles. The summed E-state index contributed by atoms with van der Waals surface area (Å²) in [7, 11) is -2.70. The second-order valence-electron chi connectivity index (χ2n) is 10.1. The Labute approximate surface area is 147 Å². The molecule has 1 unspecified atom stereocenters. The molecule has 0 saturated heterocycles.